The van der Waals surface area contributed by atoms with E-state index in [9.17, 15) is 4.79 Å². The molecule has 28 heavy (non-hydrogen) atoms. The lowest BCUT2D eigenvalue weighted by Gasteiger charge is -2.25. The summed E-state index contributed by atoms with van der Waals surface area (Å²) in [5.74, 6) is 0.104. The number of fused-ring (bicyclic) bond motifs is 1. The zero-order valence-electron chi connectivity index (χ0n) is 17.2. The molecular formula is C22H28N4OS. The van der Waals surface area contributed by atoms with Crippen LogP contribution >= 0.6 is 11.3 Å². The first kappa shape index (κ1) is 20.3. The minimum atomic E-state index is 0.0918. The Balaban J connectivity index is 1.59. The van der Waals surface area contributed by atoms with Crippen molar-refractivity contribution < 1.29 is 4.79 Å². The molecule has 6 heteroatoms. The highest BCUT2D eigenvalue weighted by molar-refractivity contribution is 7.18. The van der Waals surface area contributed by atoms with Gasteiger partial charge in [-0.2, -0.15) is 0 Å². The number of anilines is 1. The van der Waals surface area contributed by atoms with Gasteiger partial charge < -0.3 is 9.80 Å². The van der Waals surface area contributed by atoms with Crippen LogP contribution in [0.3, 0.4) is 0 Å². The third-order valence-electron chi connectivity index (χ3n) is 5.01. The number of amides is 1. The van der Waals surface area contributed by atoms with E-state index in [1.165, 1.54) is 4.70 Å². The number of likely N-dealkylation sites (N-methyl/N-ethyl adjacent to an activating group) is 2. The van der Waals surface area contributed by atoms with Gasteiger partial charge >= 0.3 is 0 Å². The average Bonchev–Trinajstić information content (AvgIpc) is 3.11. The van der Waals surface area contributed by atoms with Crippen molar-refractivity contribution in [2.24, 2.45) is 0 Å². The minimum Gasteiger partial charge on any atom is -0.378 e. The molecule has 0 radical (unpaired) electrons. The van der Waals surface area contributed by atoms with Crippen molar-refractivity contribution in [3.8, 4) is 0 Å². The number of carbonyl (C=O) groups excluding carboxylic acids is 1. The van der Waals surface area contributed by atoms with Crippen molar-refractivity contribution in [2.45, 2.75) is 19.5 Å². The number of carbonyl (C=O) groups is 1. The SMILES string of the molecule is C[C@@H](c1nc2ccccc2s1)N(C)CC(=O)N(C)Cc1ccc(N(C)C)cc1. The van der Waals surface area contributed by atoms with E-state index in [1.54, 1.807) is 16.2 Å². The number of aromatic nitrogens is 1. The Labute approximate surface area is 171 Å². The summed E-state index contributed by atoms with van der Waals surface area (Å²) in [6, 6.07) is 16.6. The van der Waals surface area contributed by atoms with Crippen molar-refractivity contribution in [3.05, 3.63) is 59.1 Å². The molecule has 1 heterocycles. The fourth-order valence-corrected chi connectivity index (χ4v) is 4.07. The molecule has 0 saturated carbocycles. The van der Waals surface area contributed by atoms with E-state index >= 15 is 0 Å². The van der Waals surface area contributed by atoms with E-state index in [4.69, 9.17) is 4.98 Å². The topological polar surface area (TPSA) is 39.7 Å². The highest BCUT2D eigenvalue weighted by atomic mass is 32.1. The van der Waals surface area contributed by atoms with E-state index in [0.717, 1.165) is 21.8 Å². The van der Waals surface area contributed by atoms with Gasteiger partial charge in [-0.25, -0.2) is 4.98 Å². The summed E-state index contributed by atoms with van der Waals surface area (Å²) >= 11 is 1.69. The van der Waals surface area contributed by atoms with Gasteiger partial charge in [-0.05, 0) is 43.8 Å². The van der Waals surface area contributed by atoms with Crippen LogP contribution in [0.1, 0.15) is 23.5 Å². The molecule has 0 unspecified atom stereocenters. The van der Waals surface area contributed by atoms with Crippen molar-refractivity contribution in [2.75, 3.05) is 39.6 Å². The molecule has 1 atom stereocenters. The Bertz CT molecular complexity index is 902. The van der Waals surface area contributed by atoms with E-state index in [1.807, 2.05) is 46.4 Å². The van der Waals surface area contributed by atoms with E-state index in [-0.39, 0.29) is 11.9 Å². The Morgan fingerprint density at radius 2 is 1.71 bits per heavy atom. The maximum atomic E-state index is 12.7. The first-order valence-corrected chi connectivity index (χ1v) is 10.2. The number of para-hydroxylation sites is 1. The van der Waals surface area contributed by atoms with Crippen LogP contribution in [-0.4, -0.2) is 55.4 Å². The molecule has 5 nitrogen and oxygen atoms in total. The maximum absolute atomic E-state index is 12.7. The zero-order valence-corrected chi connectivity index (χ0v) is 18.0. The normalized spacial score (nSPS) is 12.4. The molecule has 2 aromatic carbocycles. The molecular weight excluding hydrogens is 368 g/mol. The largest absolute Gasteiger partial charge is 0.378 e. The standard InChI is InChI=1S/C22H28N4OS/c1-16(22-23-19-8-6-7-9-20(19)28-22)25(4)15-21(27)26(5)14-17-10-12-18(13-11-17)24(2)3/h6-13,16H,14-15H2,1-5H3/t16-/m0/s1. The lowest BCUT2D eigenvalue weighted by Crippen LogP contribution is -2.37. The molecule has 3 aromatic rings. The molecule has 0 aliphatic heterocycles. The molecule has 3 rings (SSSR count). The van der Waals surface area contributed by atoms with Gasteiger partial charge in [-0.1, -0.05) is 24.3 Å². The van der Waals surface area contributed by atoms with Crippen LogP contribution in [0.4, 0.5) is 5.69 Å². The van der Waals surface area contributed by atoms with Crippen molar-refractivity contribution >= 4 is 33.1 Å². The summed E-state index contributed by atoms with van der Waals surface area (Å²) < 4.78 is 1.18. The number of benzene rings is 2. The second-order valence-corrected chi connectivity index (χ2v) is 8.48. The van der Waals surface area contributed by atoms with Crippen LogP contribution in [0.25, 0.3) is 10.2 Å². The molecule has 0 aliphatic carbocycles. The number of thiazole rings is 1. The van der Waals surface area contributed by atoms with Crippen molar-refractivity contribution in [1.82, 2.24) is 14.8 Å². The van der Waals surface area contributed by atoms with Gasteiger partial charge in [-0.3, -0.25) is 9.69 Å². The molecule has 0 fully saturated rings. The first-order chi connectivity index (χ1) is 13.3. The van der Waals surface area contributed by atoms with Crippen molar-refractivity contribution in [1.29, 1.82) is 0 Å². The van der Waals surface area contributed by atoms with Gasteiger partial charge in [0, 0.05) is 33.4 Å². The third-order valence-corrected chi connectivity index (χ3v) is 6.22. The van der Waals surface area contributed by atoms with Crippen LogP contribution in [0.15, 0.2) is 48.5 Å². The fraction of sp³-hybridized carbons (Fsp3) is 0.364. The quantitative estimate of drug-likeness (QED) is 0.605. The van der Waals surface area contributed by atoms with E-state index in [0.29, 0.717) is 13.1 Å². The number of nitrogens with zero attached hydrogens (tertiary/aromatic N) is 4. The van der Waals surface area contributed by atoms with Crippen molar-refractivity contribution in [3.63, 3.8) is 0 Å². The highest BCUT2D eigenvalue weighted by Gasteiger charge is 2.20. The second-order valence-electron chi connectivity index (χ2n) is 7.42. The summed E-state index contributed by atoms with van der Waals surface area (Å²) in [5, 5.41) is 1.04. The maximum Gasteiger partial charge on any atom is 0.236 e. The fourth-order valence-electron chi connectivity index (χ4n) is 2.99. The molecule has 1 amide bonds. The van der Waals surface area contributed by atoms with Crippen LogP contribution in [0.2, 0.25) is 0 Å². The zero-order chi connectivity index (χ0) is 20.3. The molecule has 0 spiro atoms. The Morgan fingerprint density at radius 3 is 2.36 bits per heavy atom. The van der Waals surface area contributed by atoms with Crippen LogP contribution in [-0.2, 0) is 11.3 Å². The molecule has 0 N–H and O–H groups in total. The van der Waals surface area contributed by atoms with Crippen LogP contribution in [0.5, 0.6) is 0 Å². The monoisotopic (exact) mass is 396 g/mol. The van der Waals surface area contributed by atoms with Gasteiger partial charge in [-0.15, -0.1) is 11.3 Å². The van der Waals surface area contributed by atoms with Crippen LogP contribution < -0.4 is 4.90 Å². The van der Waals surface area contributed by atoms with Gasteiger partial charge in [0.1, 0.15) is 5.01 Å². The molecule has 1 aromatic heterocycles. The van der Waals surface area contributed by atoms with Gasteiger partial charge in [0.15, 0.2) is 0 Å². The van der Waals surface area contributed by atoms with Gasteiger partial charge in [0.05, 0.1) is 22.8 Å². The Morgan fingerprint density at radius 1 is 1.04 bits per heavy atom. The minimum absolute atomic E-state index is 0.0918. The predicted molar refractivity (Wildman–Crippen MR) is 118 cm³/mol. The molecule has 0 bridgehead atoms. The summed E-state index contributed by atoms with van der Waals surface area (Å²) in [4.78, 5) is 23.3. The number of hydrogen-bond donors (Lipinski definition) is 0. The number of hydrogen-bond acceptors (Lipinski definition) is 5. The summed E-state index contributed by atoms with van der Waals surface area (Å²) in [6.45, 7) is 3.07. The average molecular weight is 397 g/mol. The lowest BCUT2D eigenvalue weighted by atomic mass is 10.2. The summed E-state index contributed by atoms with van der Waals surface area (Å²) in [5.41, 5.74) is 3.30. The lowest BCUT2D eigenvalue weighted by molar-refractivity contribution is -0.131. The summed E-state index contributed by atoms with van der Waals surface area (Å²) in [7, 11) is 7.88. The third kappa shape index (κ3) is 4.69. The second kappa shape index (κ2) is 8.71. The van der Waals surface area contributed by atoms with Gasteiger partial charge in [0.25, 0.3) is 0 Å². The number of rotatable bonds is 7. The van der Waals surface area contributed by atoms with E-state index < -0.39 is 0 Å². The molecule has 0 saturated heterocycles. The smallest absolute Gasteiger partial charge is 0.236 e. The molecule has 0 aliphatic rings. The van der Waals surface area contributed by atoms with Crippen LogP contribution in [0, 0.1) is 0 Å². The van der Waals surface area contributed by atoms with Gasteiger partial charge in [0.2, 0.25) is 5.91 Å². The first-order valence-electron chi connectivity index (χ1n) is 9.41. The van der Waals surface area contributed by atoms with E-state index in [2.05, 4.69) is 47.1 Å². The predicted octanol–water partition coefficient (Wildman–Crippen LogP) is 4.01. The summed E-state index contributed by atoms with van der Waals surface area (Å²) in [6.07, 6.45) is 0. The Hall–Kier alpha value is -2.44. The highest BCUT2D eigenvalue weighted by Crippen LogP contribution is 2.28. The Kier molecular flexibility index (Phi) is 6.31. The molecule has 148 valence electrons.